The molecular weight excluding hydrogens is 292 g/mol. The lowest BCUT2D eigenvalue weighted by atomic mass is 10.1. The summed E-state index contributed by atoms with van der Waals surface area (Å²) in [4.78, 5) is 12.0. The van der Waals surface area contributed by atoms with E-state index in [1.165, 1.54) is 12.1 Å². The third-order valence-corrected chi connectivity index (χ3v) is 3.13. The van der Waals surface area contributed by atoms with Gasteiger partial charge in [0.15, 0.2) is 0 Å². The molecule has 0 aliphatic heterocycles. The maximum atomic E-state index is 12.0. The predicted molar refractivity (Wildman–Crippen MR) is 77.3 cm³/mol. The molecule has 0 unspecified atom stereocenters. The number of furan rings is 1. The van der Waals surface area contributed by atoms with Crippen LogP contribution in [-0.4, -0.2) is 19.1 Å². The molecule has 6 heteroatoms. The van der Waals surface area contributed by atoms with Crippen LogP contribution in [0.2, 0.25) is 0 Å². The molecule has 0 spiro atoms. The molecule has 0 saturated heterocycles. The number of ether oxygens (including phenoxy) is 1. The standard InChI is InChI=1S/C16H17F2NO3/c1-10-9-14(11(2)21-10)15(20)19-8-7-12-3-5-13(6-4-12)22-16(17)18/h3-6,9,16H,7-8H2,1-2H3,(H,19,20). The normalized spacial score (nSPS) is 10.8. The number of hydrogen-bond acceptors (Lipinski definition) is 3. The number of alkyl halides is 2. The van der Waals surface area contributed by atoms with E-state index in [-0.39, 0.29) is 11.7 Å². The lowest BCUT2D eigenvalue weighted by Gasteiger charge is -2.07. The Morgan fingerprint density at radius 1 is 1.27 bits per heavy atom. The van der Waals surface area contributed by atoms with Gasteiger partial charge in [-0.3, -0.25) is 4.79 Å². The first-order valence-electron chi connectivity index (χ1n) is 6.84. The van der Waals surface area contributed by atoms with E-state index in [4.69, 9.17) is 4.42 Å². The Bertz CT molecular complexity index is 635. The summed E-state index contributed by atoms with van der Waals surface area (Å²) in [5.74, 6) is 1.21. The average molecular weight is 309 g/mol. The largest absolute Gasteiger partial charge is 0.466 e. The SMILES string of the molecule is Cc1cc(C(=O)NCCc2ccc(OC(F)F)cc2)c(C)o1. The van der Waals surface area contributed by atoms with Gasteiger partial charge in [-0.25, -0.2) is 0 Å². The molecule has 0 saturated carbocycles. The number of nitrogens with one attached hydrogen (secondary N) is 1. The van der Waals surface area contributed by atoms with E-state index in [1.807, 2.05) is 0 Å². The van der Waals surface area contributed by atoms with Crippen molar-refractivity contribution in [2.45, 2.75) is 26.9 Å². The molecule has 1 aromatic heterocycles. The van der Waals surface area contributed by atoms with E-state index in [0.717, 1.165) is 5.56 Å². The minimum absolute atomic E-state index is 0.118. The van der Waals surface area contributed by atoms with Crippen molar-refractivity contribution in [3.05, 3.63) is 53.0 Å². The van der Waals surface area contributed by atoms with Crippen molar-refractivity contribution in [3.8, 4) is 5.75 Å². The van der Waals surface area contributed by atoms with Crippen LogP contribution in [0.15, 0.2) is 34.7 Å². The van der Waals surface area contributed by atoms with E-state index in [1.54, 1.807) is 32.0 Å². The molecule has 1 N–H and O–H groups in total. The van der Waals surface area contributed by atoms with E-state index in [0.29, 0.717) is 30.0 Å². The minimum Gasteiger partial charge on any atom is -0.466 e. The van der Waals surface area contributed by atoms with Crippen molar-refractivity contribution in [2.75, 3.05) is 6.54 Å². The molecule has 0 aliphatic carbocycles. The number of rotatable bonds is 6. The zero-order chi connectivity index (χ0) is 16.1. The number of hydrogen-bond donors (Lipinski definition) is 1. The van der Waals surface area contributed by atoms with E-state index in [9.17, 15) is 13.6 Å². The summed E-state index contributed by atoms with van der Waals surface area (Å²) in [5.41, 5.74) is 1.44. The highest BCUT2D eigenvalue weighted by Crippen LogP contribution is 2.15. The second-order valence-electron chi connectivity index (χ2n) is 4.86. The third-order valence-electron chi connectivity index (χ3n) is 3.13. The van der Waals surface area contributed by atoms with Crippen LogP contribution < -0.4 is 10.1 Å². The van der Waals surface area contributed by atoms with Crippen LogP contribution in [0.5, 0.6) is 5.75 Å². The van der Waals surface area contributed by atoms with Crippen LogP contribution in [-0.2, 0) is 6.42 Å². The number of halogens is 2. The Morgan fingerprint density at radius 3 is 2.50 bits per heavy atom. The monoisotopic (exact) mass is 309 g/mol. The summed E-state index contributed by atoms with van der Waals surface area (Å²) >= 11 is 0. The molecule has 0 atom stereocenters. The zero-order valence-electron chi connectivity index (χ0n) is 12.4. The van der Waals surface area contributed by atoms with Crippen molar-refractivity contribution >= 4 is 5.91 Å². The Morgan fingerprint density at radius 2 is 1.95 bits per heavy atom. The van der Waals surface area contributed by atoms with Gasteiger partial charge in [0.05, 0.1) is 5.56 Å². The Hall–Kier alpha value is -2.37. The van der Waals surface area contributed by atoms with Gasteiger partial charge in [-0.1, -0.05) is 12.1 Å². The molecule has 4 nitrogen and oxygen atoms in total. The van der Waals surface area contributed by atoms with Crippen molar-refractivity contribution in [1.82, 2.24) is 5.32 Å². The molecule has 1 amide bonds. The predicted octanol–water partition coefficient (Wildman–Crippen LogP) is 3.47. The summed E-state index contributed by atoms with van der Waals surface area (Å²) < 4.78 is 33.6. The molecule has 0 fully saturated rings. The van der Waals surface area contributed by atoms with Gasteiger partial charge in [0.1, 0.15) is 17.3 Å². The lowest BCUT2D eigenvalue weighted by Crippen LogP contribution is -2.25. The van der Waals surface area contributed by atoms with Gasteiger partial charge in [-0.15, -0.1) is 0 Å². The van der Waals surface area contributed by atoms with Crippen LogP contribution in [0.4, 0.5) is 8.78 Å². The second-order valence-corrected chi connectivity index (χ2v) is 4.86. The molecule has 0 radical (unpaired) electrons. The maximum Gasteiger partial charge on any atom is 0.387 e. The topological polar surface area (TPSA) is 51.5 Å². The van der Waals surface area contributed by atoms with Gasteiger partial charge >= 0.3 is 6.61 Å². The Kier molecular flexibility index (Phi) is 5.14. The van der Waals surface area contributed by atoms with Crippen molar-refractivity contribution in [3.63, 3.8) is 0 Å². The summed E-state index contributed by atoms with van der Waals surface area (Å²) in [6.45, 7) is 1.14. The van der Waals surface area contributed by atoms with E-state index < -0.39 is 6.61 Å². The lowest BCUT2D eigenvalue weighted by molar-refractivity contribution is -0.0498. The molecule has 2 aromatic rings. The average Bonchev–Trinajstić information content (AvgIpc) is 2.79. The summed E-state index contributed by atoms with van der Waals surface area (Å²) in [6, 6.07) is 8.04. The Balaban J connectivity index is 1.83. The second kappa shape index (κ2) is 7.06. The maximum absolute atomic E-state index is 12.0. The summed E-state index contributed by atoms with van der Waals surface area (Å²) in [7, 11) is 0. The summed E-state index contributed by atoms with van der Waals surface area (Å²) in [5, 5.41) is 2.80. The molecular formula is C16H17F2NO3. The number of amides is 1. The van der Waals surface area contributed by atoms with Gasteiger partial charge in [-0.05, 0) is 44.0 Å². The minimum atomic E-state index is -2.83. The highest BCUT2D eigenvalue weighted by atomic mass is 19.3. The van der Waals surface area contributed by atoms with Crippen LogP contribution in [0, 0.1) is 13.8 Å². The van der Waals surface area contributed by atoms with Gasteiger partial charge in [0, 0.05) is 6.54 Å². The van der Waals surface area contributed by atoms with Crippen LogP contribution in [0.1, 0.15) is 27.4 Å². The zero-order valence-corrected chi connectivity index (χ0v) is 12.4. The quantitative estimate of drug-likeness (QED) is 0.889. The number of benzene rings is 1. The molecule has 0 aliphatic rings. The number of carbonyl (C=O) groups is 1. The van der Waals surface area contributed by atoms with Gasteiger partial charge in [0.25, 0.3) is 5.91 Å². The highest BCUT2D eigenvalue weighted by molar-refractivity contribution is 5.95. The first-order chi connectivity index (χ1) is 10.5. The van der Waals surface area contributed by atoms with Crippen molar-refractivity contribution < 1.29 is 22.7 Å². The number of aryl methyl sites for hydroxylation is 2. The highest BCUT2D eigenvalue weighted by Gasteiger charge is 2.12. The summed E-state index contributed by atoms with van der Waals surface area (Å²) in [6.07, 6.45) is 0.594. The van der Waals surface area contributed by atoms with Crippen LogP contribution in [0.3, 0.4) is 0 Å². The van der Waals surface area contributed by atoms with E-state index >= 15 is 0 Å². The fraction of sp³-hybridized carbons (Fsp3) is 0.312. The van der Waals surface area contributed by atoms with Crippen molar-refractivity contribution in [2.24, 2.45) is 0 Å². The Labute approximate surface area is 127 Å². The fourth-order valence-corrected chi connectivity index (χ4v) is 2.11. The molecule has 0 bridgehead atoms. The first-order valence-corrected chi connectivity index (χ1v) is 6.84. The molecule has 22 heavy (non-hydrogen) atoms. The third kappa shape index (κ3) is 4.31. The molecule has 118 valence electrons. The molecule has 2 rings (SSSR count). The molecule has 1 aromatic carbocycles. The fourth-order valence-electron chi connectivity index (χ4n) is 2.11. The number of carbonyl (C=O) groups excluding carboxylic acids is 1. The van der Waals surface area contributed by atoms with Gasteiger partial charge in [0.2, 0.25) is 0 Å². The van der Waals surface area contributed by atoms with Crippen LogP contribution in [0.25, 0.3) is 0 Å². The van der Waals surface area contributed by atoms with Crippen molar-refractivity contribution in [1.29, 1.82) is 0 Å². The first kappa shape index (κ1) is 16.0. The van der Waals surface area contributed by atoms with E-state index in [2.05, 4.69) is 10.1 Å². The molecule has 1 heterocycles. The smallest absolute Gasteiger partial charge is 0.387 e. The van der Waals surface area contributed by atoms with Gasteiger partial charge < -0.3 is 14.5 Å². The van der Waals surface area contributed by atoms with Gasteiger partial charge in [-0.2, -0.15) is 8.78 Å². The van der Waals surface area contributed by atoms with Crippen LogP contribution >= 0.6 is 0 Å².